The van der Waals surface area contributed by atoms with Gasteiger partial charge in [-0.3, -0.25) is 14.6 Å². The Morgan fingerprint density at radius 3 is 3.00 bits per heavy atom. The number of carbonyl (C=O) groups is 2. The molecule has 0 aliphatic carbocycles. The van der Waals surface area contributed by atoms with E-state index in [-0.39, 0.29) is 11.9 Å². The molecule has 0 radical (unpaired) electrons. The Hall–Kier alpha value is -1.51. The average molecular weight is 352 g/mol. The molecule has 3 heterocycles. The summed E-state index contributed by atoms with van der Waals surface area (Å²) in [6.07, 6.45) is 2.49. The van der Waals surface area contributed by atoms with Crippen LogP contribution in [-0.2, 0) is 9.53 Å². The Balaban J connectivity index is 1.53. The standard InChI is InChI=1S/C16H24N4O3S/c1-3-23-15(22)14-11(2)17-16(24-14)18-13(21)10-19-7-8-20-6-4-5-12(20)9-19/h12H,3-10H2,1-2H3,(H,17,18,21). The molecule has 0 saturated carbocycles. The first-order valence-corrected chi connectivity index (χ1v) is 9.29. The van der Waals surface area contributed by atoms with Gasteiger partial charge in [0, 0.05) is 25.7 Å². The largest absolute Gasteiger partial charge is 0.462 e. The maximum atomic E-state index is 12.3. The van der Waals surface area contributed by atoms with Crippen molar-refractivity contribution in [3.05, 3.63) is 10.6 Å². The van der Waals surface area contributed by atoms with Crippen molar-refractivity contribution in [1.29, 1.82) is 0 Å². The number of hydrogen-bond acceptors (Lipinski definition) is 7. The molecule has 0 aromatic carbocycles. The van der Waals surface area contributed by atoms with Crippen LogP contribution in [0.15, 0.2) is 0 Å². The average Bonchev–Trinajstić information content (AvgIpc) is 3.13. The van der Waals surface area contributed by atoms with Crippen molar-refractivity contribution in [2.45, 2.75) is 32.7 Å². The van der Waals surface area contributed by atoms with Gasteiger partial charge in [0.15, 0.2) is 5.13 Å². The predicted molar refractivity (Wildman–Crippen MR) is 92.5 cm³/mol. The Morgan fingerprint density at radius 1 is 1.38 bits per heavy atom. The fourth-order valence-electron chi connectivity index (χ4n) is 3.40. The Kier molecular flexibility index (Phi) is 5.47. The summed E-state index contributed by atoms with van der Waals surface area (Å²) in [6.45, 7) is 8.33. The number of esters is 1. The van der Waals surface area contributed by atoms with Crippen LogP contribution in [-0.4, -0.2) is 72.0 Å². The number of rotatable bonds is 5. The molecule has 2 saturated heterocycles. The highest BCUT2D eigenvalue weighted by Gasteiger charge is 2.31. The minimum Gasteiger partial charge on any atom is -0.462 e. The van der Waals surface area contributed by atoms with Gasteiger partial charge in [-0.25, -0.2) is 9.78 Å². The van der Waals surface area contributed by atoms with Crippen LogP contribution in [0.3, 0.4) is 0 Å². The number of ether oxygens (including phenoxy) is 1. The number of aromatic nitrogens is 1. The number of nitrogens with zero attached hydrogens (tertiary/aromatic N) is 3. The van der Waals surface area contributed by atoms with E-state index in [1.807, 2.05) is 0 Å². The molecule has 1 aromatic heterocycles. The van der Waals surface area contributed by atoms with Crippen LogP contribution in [0.2, 0.25) is 0 Å². The zero-order valence-corrected chi connectivity index (χ0v) is 15.0. The lowest BCUT2D eigenvalue weighted by Gasteiger charge is -2.36. The van der Waals surface area contributed by atoms with E-state index < -0.39 is 0 Å². The second-order valence-corrected chi connectivity index (χ2v) is 7.27. The van der Waals surface area contributed by atoms with Crippen molar-refractivity contribution in [3.63, 3.8) is 0 Å². The minimum absolute atomic E-state index is 0.0781. The molecule has 1 unspecified atom stereocenters. The number of aryl methyl sites for hydroxylation is 1. The number of anilines is 1. The molecule has 2 aliphatic heterocycles. The Labute approximate surface area is 146 Å². The molecule has 132 valence electrons. The van der Waals surface area contributed by atoms with Crippen LogP contribution in [0.1, 0.15) is 35.1 Å². The molecule has 7 nitrogen and oxygen atoms in total. The van der Waals surface area contributed by atoms with Crippen molar-refractivity contribution in [1.82, 2.24) is 14.8 Å². The van der Waals surface area contributed by atoms with Crippen LogP contribution in [0.25, 0.3) is 0 Å². The zero-order chi connectivity index (χ0) is 17.1. The lowest BCUT2D eigenvalue weighted by molar-refractivity contribution is -0.117. The normalized spacial score (nSPS) is 21.5. The van der Waals surface area contributed by atoms with E-state index in [1.165, 1.54) is 30.7 Å². The maximum Gasteiger partial charge on any atom is 0.350 e. The topological polar surface area (TPSA) is 74.8 Å². The van der Waals surface area contributed by atoms with E-state index in [0.29, 0.717) is 34.9 Å². The summed E-state index contributed by atoms with van der Waals surface area (Å²) in [5.74, 6) is -0.462. The van der Waals surface area contributed by atoms with Gasteiger partial charge < -0.3 is 10.1 Å². The van der Waals surface area contributed by atoms with Gasteiger partial charge in [-0.2, -0.15) is 0 Å². The third-order valence-electron chi connectivity index (χ3n) is 4.54. The van der Waals surface area contributed by atoms with Gasteiger partial charge in [-0.05, 0) is 33.2 Å². The second-order valence-electron chi connectivity index (χ2n) is 6.27. The Morgan fingerprint density at radius 2 is 2.21 bits per heavy atom. The molecule has 1 aromatic rings. The summed E-state index contributed by atoms with van der Waals surface area (Å²) >= 11 is 1.17. The quantitative estimate of drug-likeness (QED) is 0.806. The predicted octanol–water partition coefficient (Wildman–Crippen LogP) is 1.35. The van der Waals surface area contributed by atoms with Crippen LogP contribution < -0.4 is 5.32 Å². The van der Waals surface area contributed by atoms with Crippen molar-refractivity contribution >= 4 is 28.3 Å². The van der Waals surface area contributed by atoms with Crippen LogP contribution in [0.5, 0.6) is 0 Å². The third-order valence-corrected chi connectivity index (χ3v) is 5.60. The molecule has 0 spiro atoms. The van der Waals surface area contributed by atoms with Crippen molar-refractivity contribution < 1.29 is 14.3 Å². The first-order valence-electron chi connectivity index (χ1n) is 8.47. The highest BCUT2D eigenvalue weighted by atomic mass is 32.1. The number of nitrogens with one attached hydrogen (secondary N) is 1. The monoisotopic (exact) mass is 352 g/mol. The van der Waals surface area contributed by atoms with Crippen molar-refractivity contribution in [2.24, 2.45) is 0 Å². The fraction of sp³-hybridized carbons (Fsp3) is 0.688. The molecule has 2 aliphatic rings. The molecule has 8 heteroatoms. The van der Waals surface area contributed by atoms with Crippen LogP contribution in [0, 0.1) is 6.92 Å². The summed E-state index contributed by atoms with van der Waals surface area (Å²) in [7, 11) is 0. The molecule has 1 N–H and O–H groups in total. The van der Waals surface area contributed by atoms with E-state index >= 15 is 0 Å². The van der Waals surface area contributed by atoms with Gasteiger partial charge in [-0.1, -0.05) is 11.3 Å². The molecular formula is C16H24N4O3S. The number of hydrogen-bond donors (Lipinski definition) is 1. The summed E-state index contributed by atoms with van der Waals surface area (Å²) < 4.78 is 4.99. The highest BCUT2D eigenvalue weighted by Crippen LogP contribution is 2.24. The van der Waals surface area contributed by atoms with Crippen LogP contribution >= 0.6 is 11.3 Å². The van der Waals surface area contributed by atoms with E-state index in [0.717, 1.165) is 19.6 Å². The molecule has 1 atom stereocenters. The van der Waals surface area contributed by atoms with Gasteiger partial charge in [-0.15, -0.1) is 0 Å². The number of fused-ring (bicyclic) bond motifs is 1. The summed E-state index contributed by atoms with van der Waals surface area (Å²) in [4.78, 5) is 33.5. The number of piperazine rings is 1. The molecule has 1 amide bonds. The minimum atomic E-state index is -0.384. The van der Waals surface area contributed by atoms with E-state index in [1.54, 1.807) is 13.8 Å². The summed E-state index contributed by atoms with van der Waals surface area (Å²) in [5, 5.41) is 3.27. The van der Waals surface area contributed by atoms with Gasteiger partial charge in [0.2, 0.25) is 5.91 Å². The number of carbonyl (C=O) groups excluding carboxylic acids is 2. The van der Waals surface area contributed by atoms with Crippen molar-refractivity contribution in [3.8, 4) is 0 Å². The Bertz CT molecular complexity index is 618. The van der Waals surface area contributed by atoms with E-state index in [9.17, 15) is 9.59 Å². The molecule has 0 bridgehead atoms. The summed E-state index contributed by atoms with van der Waals surface area (Å²) in [5.41, 5.74) is 0.591. The van der Waals surface area contributed by atoms with Gasteiger partial charge in [0.05, 0.1) is 18.8 Å². The van der Waals surface area contributed by atoms with Gasteiger partial charge in [0.1, 0.15) is 4.88 Å². The number of amides is 1. The maximum absolute atomic E-state index is 12.3. The summed E-state index contributed by atoms with van der Waals surface area (Å²) in [6, 6.07) is 0.601. The van der Waals surface area contributed by atoms with Crippen molar-refractivity contribution in [2.75, 3.05) is 44.6 Å². The van der Waals surface area contributed by atoms with Gasteiger partial charge in [0.25, 0.3) is 0 Å². The molecule has 3 rings (SSSR count). The van der Waals surface area contributed by atoms with E-state index in [4.69, 9.17) is 4.74 Å². The second kappa shape index (κ2) is 7.58. The smallest absolute Gasteiger partial charge is 0.350 e. The molecular weight excluding hydrogens is 328 g/mol. The highest BCUT2D eigenvalue weighted by molar-refractivity contribution is 7.17. The fourth-order valence-corrected chi connectivity index (χ4v) is 4.27. The third kappa shape index (κ3) is 3.93. The van der Waals surface area contributed by atoms with Gasteiger partial charge >= 0.3 is 5.97 Å². The zero-order valence-electron chi connectivity index (χ0n) is 14.2. The number of thiazole rings is 1. The molecule has 24 heavy (non-hydrogen) atoms. The first kappa shape index (κ1) is 17.3. The molecule has 2 fully saturated rings. The SMILES string of the molecule is CCOC(=O)c1sc(NC(=O)CN2CCN3CCCC3C2)nc1C. The first-order chi connectivity index (χ1) is 11.6. The van der Waals surface area contributed by atoms with E-state index in [2.05, 4.69) is 20.1 Å². The van der Waals surface area contributed by atoms with Crippen LogP contribution in [0.4, 0.5) is 5.13 Å². The lowest BCUT2D eigenvalue weighted by atomic mass is 10.1. The lowest BCUT2D eigenvalue weighted by Crippen LogP contribution is -2.51.